The first kappa shape index (κ1) is 22.3. The third kappa shape index (κ3) is 8.12. The second-order valence-electron chi connectivity index (χ2n) is 5.77. The number of carbonyl (C=O) groups is 3. The van der Waals surface area contributed by atoms with E-state index in [0.717, 1.165) is 0 Å². The zero-order chi connectivity index (χ0) is 16.7. The van der Waals surface area contributed by atoms with E-state index in [1.54, 1.807) is 7.11 Å². The summed E-state index contributed by atoms with van der Waals surface area (Å²) in [5.41, 5.74) is 0. The predicted octanol–water partition coefficient (Wildman–Crippen LogP) is -5.24. The minimum Gasteiger partial charge on any atom is -0.548 e. The maximum atomic E-state index is 12.1. The van der Waals surface area contributed by atoms with Gasteiger partial charge in [-0.3, -0.25) is 14.9 Å². The molecule has 0 aromatic heterocycles. The van der Waals surface area contributed by atoms with Crippen LogP contribution in [-0.4, -0.2) is 56.2 Å². The van der Waals surface area contributed by atoms with E-state index in [4.69, 9.17) is 4.74 Å². The standard InChI is InChI=1S/C14H25N3O5.Na/c1-8(2)7-9(12(18)15-5-4-6-22-3)16-13(19)10-11(17-10)14(20)21;/h8-11,17H,4-7H2,1-3H3,(H,15,18)(H,16,19)(H,20,21);/q;+1/p-1/t9-,10-,11-;/m0./s1. The molecule has 0 aliphatic carbocycles. The van der Waals surface area contributed by atoms with Gasteiger partial charge in [-0.2, -0.15) is 0 Å². The summed E-state index contributed by atoms with van der Waals surface area (Å²) in [6.45, 7) is 4.88. The molecule has 3 atom stereocenters. The summed E-state index contributed by atoms with van der Waals surface area (Å²) in [6, 6.07) is -2.47. The molecule has 0 aromatic rings. The quantitative estimate of drug-likeness (QED) is 0.208. The molecule has 23 heavy (non-hydrogen) atoms. The van der Waals surface area contributed by atoms with Crippen molar-refractivity contribution in [3.05, 3.63) is 0 Å². The number of aliphatic carboxylic acids is 1. The fourth-order valence-corrected chi connectivity index (χ4v) is 2.08. The van der Waals surface area contributed by atoms with Crippen molar-refractivity contribution in [3.8, 4) is 0 Å². The summed E-state index contributed by atoms with van der Waals surface area (Å²) in [5, 5.41) is 18.5. The van der Waals surface area contributed by atoms with Crippen molar-refractivity contribution in [2.24, 2.45) is 5.92 Å². The van der Waals surface area contributed by atoms with E-state index in [0.29, 0.717) is 26.0 Å². The molecule has 3 N–H and O–H groups in total. The van der Waals surface area contributed by atoms with Crippen LogP contribution >= 0.6 is 0 Å². The molecule has 1 heterocycles. The number of methoxy groups -OCH3 is 1. The molecule has 1 aliphatic rings. The van der Waals surface area contributed by atoms with Crippen LogP contribution in [0.3, 0.4) is 0 Å². The molecule has 1 rings (SSSR count). The Kier molecular flexibility index (Phi) is 10.7. The minimum absolute atomic E-state index is 0. The van der Waals surface area contributed by atoms with Crippen molar-refractivity contribution in [1.29, 1.82) is 0 Å². The van der Waals surface area contributed by atoms with Gasteiger partial charge in [-0.25, -0.2) is 0 Å². The molecule has 0 spiro atoms. The number of carboxylic acid groups (broad SMARTS) is 1. The Balaban J connectivity index is 0.00000484. The van der Waals surface area contributed by atoms with E-state index in [9.17, 15) is 19.5 Å². The van der Waals surface area contributed by atoms with Gasteiger partial charge in [0.25, 0.3) is 0 Å². The van der Waals surface area contributed by atoms with Gasteiger partial charge >= 0.3 is 29.6 Å². The fourth-order valence-electron chi connectivity index (χ4n) is 2.08. The first-order chi connectivity index (χ1) is 10.4. The van der Waals surface area contributed by atoms with E-state index >= 15 is 0 Å². The van der Waals surface area contributed by atoms with Crippen LogP contribution in [0.1, 0.15) is 26.7 Å². The number of hydrogen-bond acceptors (Lipinski definition) is 6. The van der Waals surface area contributed by atoms with Crippen LogP contribution in [0.4, 0.5) is 0 Å². The maximum Gasteiger partial charge on any atom is 1.00 e. The van der Waals surface area contributed by atoms with Crippen molar-refractivity contribution in [1.82, 2.24) is 16.0 Å². The molecule has 0 radical (unpaired) electrons. The van der Waals surface area contributed by atoms with Crippen LogP contribution in [0.15, 0.2) is 0 Å². The zero-order valence-electron chi connectivity index (χ0n) is 14.2. The van der Waals surface area contributed by atoms with Crippen LogP contribution in [0, 0.1) is 5.92 Å². The van der Waals surface area contributed by atoms with E-state index < -0.39 is 30.0 Å². The van der Waals surface area contributed by atoms with Gasteiger partial charge in [-0.1, -0.05) is 13.8 Å². The number of carboxylic acids is 1. The number of hydrogen-bond donors (Lipinski definition) is 3. The summed E-state index contributed by atoms with van der Waals surface area (Å²) in [5.74, 6) is -1.88. The first-order valence-corrected chi connectivity index (χ1v) is 7.40. The van der Waals surface area contributed by atoms with Gasteiger partial charge in [-0.05, 0) is 18.8 Å². The van der Waals surface area contributed by atoms with Crippen LogP contribution < -0.4 is 50.6 Å². The van der Waals surface area contributed by atoms with Gasteiger partial charge in [0, 0.05) is 20.3 Å². The van der Waals surface area contributed by atoms with Gasteiger partial charge in [0.1, 0.15) is 12.1 Å². The number of carbonyl (C=O) groups excluding carboxylic acids is 3. The molecule has 0 aromatic carbocycles. The van der Waals surface area contributed by atoms with E-state index in [1.165, 1.54) is 0 Å². The van der Waals surface area contributed by atoms with E-state index in [-0.39, 0.29) is 41.4 Å². The van der Waals surface area contributed by atoms with Crippen LogP contribution in [-0.2, 0) is 19.1 Å². The van der Waals surface area contributed by atoms with Crippen molar-refractivity contribution >= 4 is 17.8 Å². The second-order valence-corrected chi connectivity index (χ2v) is 5.77. The number of rotatable bonds is 10. The van der Waals surface area contributed by atoms with Crippen molar-refractivity contribution in [2.75, 3.05) is 20.3 Å². The van der Waals surface area contributed by atoms with Crippen molar-refractivity contribution < 1.29 is 53.8 Å². The van der Waals surface area contributed by atoms with Gasteiger partial charge in [-0.15, -0.1) is 0 Å². The molecule has 2 amide bonds. The number of nitrogens with one attached hydrogen (secondary N) is 3. The SMILES string of the molecule is COCCCNC(=O)[C@H](CC(C)C)NC(=O)[C@H]1N[C@@H]1C(=O)[O-].[Na+]. The van der Waals surface area contributed by atoms with Gasteiger partial charge < -0.3 is 25.3 Å². The smallest absolute Gasteiger partial charge is 0.548 e. The number of amides is 2. The Hall–Kier alpha value is -0.670. The largest absolute Gasteiger partial charge is 1.00 e. The molecule has 0 unspecified atom stereocenters. The summed E-state index contributed by atoms with van der Waals surface area (Å²) in [6.07, 6.45) is 1.16. The molecule has 9 heteroatoms. The Bertz CT molecular complexity index is 419. The normalized spacial score (nSPS) is 20.3. The molecule has 1 aliphatic heterocycles. The Morgan fingerprint density at radius 3 is 2.39 bits per heavy atom. The average Bonchev–Trinajstić information content (AvgIpc) is 3.22. The van der Waals surface area contributed by atoms with E-state index in [2.05, 4.69) is 16.0 Å². The Labute approximate surface area is 158 Å². The van der Waals surface area contributed by atoms with Crippen LogP contribution in [0.5, 0.6) is 0 Å². The Morgan fingerprint density at radius 1 is 1.26 bits per heavy atom. The van der Waals surface area contributed by atoms with Gasteiger partial charge in [0.15, 0.2) is 0 Å². The molecular formula is C14H24N3NaO5. The van der Waals surface area contributed by atoms with Crippen LogP contribution in [0.2, 0.25) is 0 Å². The van der Waals surface area contributed by atoms with Crippen molar-refractivity contribution in [3.63, 3.8) is 0 Å². The fraction of sp³-hybridized carbons (Fsp3) is 0.786. The molecule has 8 nitrogen and oxygen atoms in total. The molecule has 0 saturated carbocycles. The summed E-state index contributed by atoms with van der Waals surface area (Å²) in [4.78, 5) is 34.7. The van der Waals surface area contributed by atoms with Gasteiger partial charge in [0.2, 0.25) is 11.8 Å². The van der Waals surface area contributed by atoms with Gasteiger partial charge in [0.05, 0.1) is 12.0 Å². The minimum atomic E-state index is -1.32. The van der Waals surface area contributed by atoms with E-state index in [1.807, 2.05) is 13.8 Å². The third-order valence-corrected chi connectivity index (χ3v) is 3.28. The molecule has 126 valence electrons. The molecule has 1 saturated heterocycles. The second kappa shape index (κ2) is 11.0. The summed E-state index contributed by atoms with van der Waals surface area (Å²) in [7, 11) is 1.58. The summed E-state index contributed by atoms with van der Waals surface area (Å²) >= 11 is 0. The van der Waals surface area contributed by atoms with Crippen molar-refractivity contribution in [2.45, 2.75) is 44.8 Å². The maximum absolute atomic E-state index is 12.1. The third-order valence-electron chi connectivity index (χ3n) is 3.28. The first-order valence-electron chi connectivity index (χ1n) is 7.40. The number of ether oxygens (including phenoxy) is 1. The average molecular weight is 337 g/mol. The molecular weight excluding hydrogens is 313 g/mol. The monoisotopic (exact) mass is 337 g/mol. The summed E-state index contributed by atoms with van der Waals surface area (Å²) < 4.78 is 4.90. The topological polar surface area (TPSA) is 130 Å². The Morgan fingerprint density at radius 2 is 1.91 bits per heavy atom. The van der Waals surface area contributed by atoms with Crippen LogP contribution in [0.25, 0.3) is 0 Å². The molecule has 0 bridgehead atoms. The molecule has 1 fully saturated rings. The predicted molar refractivity (Wildman–Crippen MR) is 76.6 cm³/mol. The zero-order valence-corrected chi connectivity index (χ0v) is 16.2.